The van der Waals surface area contributed by atoms with Gasteiger partial charge in [-0.1, -0.05) is 13.0 Å². The highest BCUT2D eigenvalue weighted by atomic mass is 127. The average Bonchev–Trinajstić information content (AvgIpc) is 2.57. The fourth-order valence-corrected chi connectivity index (χ4v) is 3.62. The summed E-state index contributed by atoms with van der Waals surface area (Å²) >= 11 is 0. The van der Waals surface area contributed by atoms with Gasteiger partial charge in [-0.2, -0.15) is 0 Å². The van der Waals surface area contributed by atoms with Crippen LogP contribution in [0, 0.1) is 5.82 Å². The van der Waals surface area contributed by atoms with E-state index in [1.165, 1.54) is 24.5 Å². The van der Waals surface area contributed by atoms with Crippen molar-refractivity contribution in [3.63, 3.8) is 0 Å². The Hall–Kier alpha value is -0.940. The van der Waals surface area contributed by atoms with Crippen molar-refractivity contribution < 1.29 is 12.8 Å². The maximum absolute atomic E-state index is 13.6. The molecule has 1 aromatic rings. The van der Waals surface area contributed by atoms with Crippen LogP contribution in [0.15, 0.2) is 23.2 Å². The van der Waals surface area contributed by atoms with Gasteiger partial charge < -0.3 is 10.6 Å². The number of sulfone groups is 1. The maximum atomic E-state index is 13.6. The number of likely N-dealkylation sites (N-methyl/N-ethyl adjacent to an activating group) is 1. The summed E-state index contributed by atoms with van der Waals surface area (Å²) in [5, 5.41) is 6.44. The van der Waals surface area contributed by atoms with Gasteiger partial charge in [-0.15, -0.1) is 24.0 Å². The summed E-state index contributed by atoms with van der Waals surface area (Å²) in [7, 11) is -3.20. The van der Waals surface area contributed by atoms with E-state index >= 15 is 0 Å². The predicted octanol–water partition coefficient (Wildman–Crippen LogP) is 2.77. The van der Waals surface area contributed by atoms with E-state index in [2.05, 4.69) is 41.3 Å². The summed E-state index contributed by atoms with van der Waals surface area (Å²) in [6.45, 7) is 11.9. The Bertz CT molecular complexity index is 727. The summed E-state index contributed by atoms with van der Waals surface area (Å²) in [5.41, 5.74) is 1.16. The van der Waals surface area contributed by atoms with Gasteiger partial charge in [0.2, 0.25) is 0 Å². The highest BCUT2D eigenvalue weighted by Crippen LogP contribution is 2.15. The third kappa shape index (κ3) is 10.6. The number of nitrogens with zero attached hydrogens (tertiary/aromatic N) is 2. The minimum absolute atomic E-state index is 0. The Morgan fingerprint density at radius 3 is 2.43 bits per heavy atom. The second kappa shape index (κ2) is 13.3. The number of rotatable bonds is 10. The third-order valence-corrected chi connectivity index (χ3v) is 5.00. The van der Waals surface area contributed by atoms with Crippen molar-refractivity contribution >= 4 is 39.8 Å². The molecule has 0 saturated carbocycles. The minimum Gasteiger partial charge on any atom is -0.357 e. The molecule has 162 valence electrons. The Labute approximate surface area is 186 Å². The Kier molecular flexibility index (Phi) is 12.9. The van der Waals surface area contributed by atoms with Gasteiger partial charge in [-0.05, 0) is 50.6 Å². The molecule has 6 nitrogen and oxygen atoms in total. The summed E-state index contributed by atoms with van der Waals surface area (Å²) in [4.78, 5) is 6.84. The molecule has 0 saturated heterocycles. The standard InChI is InChI=1S/C19H33FN4O2S.HI/c1-6-21-19(22-10-11-24(7-2)15(3)4)23-13-17-12-18(20)9-8-16(17)14-27(5,25)26;/h8-9,12,15H,6-7,10-11,13-14H2,1-5H3,(H2,21,22,23);1H. The van der Waals surface area contributed by atoms with Crippen LogP contribution >= 0.6 is 24.0 Å². The van der Waals surface area contributed by atoms with Crippen LogP contribution in [-0.2, 0) is 22.1 Å². The van der Waals surface area contributed by atoms with Crippen LogP contribution < -0.4 is 10.6 Å². The second-order valence-corrected chi connectivity index (χ2v) is 8.97. The lowest BCUT2D eigenvalue weighted by Gasteiger charge is -2.25. The molecule has 0 bridgehead atoms. The summed E-state index contributed by atoms with van der Waals surface area (Å²) in [6, 6.07) is 4.62. The molecule has 0 atom stereocenters. The second-order valence-electron chi connectivity index (χ2n) is 6.83. The predicted molar refractivity (Wildman–Crippen MR) is 126 cm³/mol. The van der Waals surface area contributed by atoms with E-state index in [0.29, 0.717) is 29.7 Å². The number of nitrogens with one attached hydrogen (secondary N) is 2. The summed E-state index contributed by atoms with van der Waals surface area (Å²) < 4.78 is 36.8. The molecule has 0 amide bonds. The van der Waals surface area contributed by atoms with Crippen molar-refractivity contribution in [3.8, 4) is 0 Å². The van der Waals surface area contributed by atoms with Gasteiger partial charge in [-0.3, -0.25) is 4.90 Å². The zero-order chi connectivity index (χ0) is 20.4. The summed E-state index contributed by atoms with van der Waals surface area (Å²) in [6.07, 6.45) is 1.17. The molecule has 0 aliphatic carbocycles. The van der Waals surface area contributed by atoms with Crippen LogP contribution in [0.5, 0.6) is 0 Å². The van der Waals surface area contributed by atoms with Gasteiger partial charge in [0, 0.05) is 31.9 Å². The van der Waals surface area contributed by atoms with Crippen LogP contribution in [0.25, 0.3) is 0 Å². The molecule has 0 aliphatic rings. The number of benzene rings is 1. The van der Waals surface area contributed by atoms with Gasteiger partial charge in [0.25, 0.3) is 0 Å². The van der Waals surface area contributed by atoms with E-state index in [1.807, 2.05) is 6.92 Å². The molecule has 2 N–H and O–H groups in total. The molecule has 1 aromatic carbocycles. The molecule has 28 heavy (non-hydrogen) atoms. The fourth-order valence-electron chi connectivity index (χ4n) is 2.77. The topological polar surface area (TPSA) is 73.8 Å². The Morgan fingerprint density at radius 1 is 1.21 bits per heavy atom. The van der Waals surface area contributed by atoms with E-state index in [9.17, 15) is 12.8 Å². The first-order chi connectivity index (χ1) is 12.7. The van der Waals surface area contributed by atoms with Crippen molar-refractivity contribution in [3.05, 3.63) is 35.1 Å². The molecule has 0 aliphatic heterocycles. The molecule has 0 unspecified atom stereocenters. The lowest BCUT2D eigenvalue weighted by Crippen LogP contribution is -2.43. The van der Waals surface area contributed by atoms with Crippen LogP contribution in [0.2, 0.25) is 0 Å². The molecule has 0 radical (unpaired) electrons. The van der Waals surface area contributed by atoms with Gasteiger partial charge in [0.1, 0.15) is 5.82 Å². The maximum Gasteiger partial charge on any atom is 0.191 e. The van der Waals surface area contributed by atoms with Gasteiger partial charge in [0.05, 0.1) is 12.3 Å². The van der Waals surface area contributed by atoms with Crippen molar-refractivity contribution in [2.75, 3.05) is 32.4 Å². The molecule has 0 aromatic heterocycles. The quantitative estimate of drug-likeness (QED) is 0.278. The van der Waals surface area contributed by atoms with E-state index in [4.69, 9.17) is 0 Å². The monoisotopic (exact) mass is 528 g/mol. The van der Waals surface area contributed by atoms with Crippen LogP contribution in [0.1, 0.15) is 38.8 Å². The summed E-state index contributed by atoms with van der Waals surface area (Å²) in [5.74, 6) is 0.111. The Balaban J connectivity index is 0.00000729. The van der Waals surface area contributed by atoms with Gasteiger partial charge in [-0.25, -0.2) is 17.8 Å². The van der Waals surface area contributed by atoms with Crippen molar-refractivity contribution in [1.29, 1.82) is 0 Å². The van der Waals surface area contributed by atoms with E-state index in [1.54, 1.807) is 0 Å². The molecule has 0 heterocycles. The number of hydrogen-bond acceptors (Lipinski definition) is 4. The lowest BCUT2D eigenvalue weighted by atomic mass is 10.1. The first-order valence-electron chi connectivity index (χ1n) is 9.37. The smallest absolute Gasteiger partial charge is 0.191 e. The average molecular weight is 528 g/mol. The van der Waals surface area contributed by atoms with Crippen LogP contribution in [0.3, 0.4) is 0 Å². The lowest BCUT2D eigenvalue weighted by molar-refractivity contribution is 0.237. The van der Waals surface area contributed by atoms with Crippen molar-refractivity contribution in [2.45, 2.75) is 46.0 Å². The van der Waals surface area contributed by atoms with E-state index in [0.717, 1.165) is 19.6 Å². The molecule has 0 fully saturated rings. The Morgan fingerprint density at radius 2 is 1.89 bits per heavy atom. The third-order valence-electron chi connectivity index (χ3n) is 4.17. The number of hydrogen-bond donors (Lipinski definition) is 2. The van der Waals surface area contributed by atoms with E-state index < -0.39 is 15.7 Å². The first kappa shape index (κ1) is 27.1. The minimum atomic E-state index is -3.20. The zero-order valence-electron chi connectivity index (χ0n) is 17.5. The number of aliphatic imine (C=N–C) groups is 1. The molecular formula is C19H34FIN4O2S. The van der Waals surface area contributed by atoms with Gasteiger partial charge in [0.15, 0.2) is 15.8 Å². The SMILES string of the molecule is CCNC(=NCc1cc(F)ccc1CS(C)(=O)=O)NCCN(CC)C(C)C.I. The highest BCUT2D eigenvalue weighted by molar-refractivity contribution is 14.0. The molecular weight excluding hydrogens is 494 g/mol. The zero-order valence-corrected chi connectivity index (χ0v) is 20.6. The molecule has 1 rings (SSSR count). The van der Waals surface area contributed by atoms with Crippen molar-refractivity contribution in [2.24, 2.45) is 4.99 Å². The highest BCUT2D eigenvalue weighted by Gasteiger charge is 2.11. The van der Waals surface area contributed by atoms with E-state index in [-0.39, 0.29) is 36.3 Å². The van der Waals surface area contributed by atoms with Crippen molar-refractivity contribution in [1.82, 2.24) is 15.5 Å². The molecule has 0 spiro atoms. The largest absolute Gasteiger partial charge is 0.357 e. The van der Waals surface area contributed by atoms with Crippen LogP contribution in [-0.4, -0.2) is 57.8 Å². The molecule has 9 heteroatoms. The van der Waals surface area contributed by atoms with Gasteiger partial charge >= 0.3 is 0 Å². The number of halogens is 2. The first-order valence-corrected chi connectivity index (χ1v) is 11.4. The fraction of sp³-hybridized carbons (Fsp3) is 0.632. The number of guanidine groups is 1. The van der Waals surface area contributed by atoms with Crippen LogP contribution in [0.4, 0.5) is 4.39 Å². The normalized spacial score (nSPS) is 12.2.